The van der Waals surface area contributed by atoms with Gasteiger partial charge in [0.15, 0.2) is 0 Å². The van der Waals surface area contributed by atoms with Crippen molar-refractivity contribution < 1.29 is 27.5 Å². The monoisotopic (exact) mass is 233 g/mol. The molecule has 1 unspecified atom stereocenters. The lowest BCUT2D eigenvalue weighted by Gasteiger charge is -2.10. The average molecular weight is 233 g/mol. The lowest BCUT2D eigenvalue weighted by Crippen LogP contribution is -2.10. The van der Waals surface area contributed by atoms with Gasteiger partial charge in [-0.05, 0) is 12.1 Å². The van der Waals surface area contributed by atoms with E-state index in [1.54, 1.807) is 0 Å². The van der Waals surface area contributed by atoms with Crippen LogP contribution in [0.4, 0.5) is 18.0 Å². The lowest BCUT2D eigenvalue weighted by molar-refractivity contribution is -0.137. The third-order valence-electron chi connectivity index (χ3n) is 1.95. The topological polar surface area (TPSA) is 47.6 Å². The van der Waals surface area contributed by atoms with Crippen molar-refractivity contribution in [1.82, 2.24) is 5.48 Å². The molecule has 16 heavy (non-hydrogen) atoms. The van der Waals surface area contributed by atoms with E-state index in [0.717, 1.165) is 12.1 Å². The Balaban J connectivity index is 2.26. The summed E-state index contributed by atoms with van der Waals surface area (Å²) >= 11 is 0. The van der Waals surface area contributed by atoms with Crippen LogP contribution in [0.25, 0.3) is 0 Å². The van der Waals surface area contributed by atoms with Crippen LogP contribution in [0.15, 0.2) is 24.3 Å². The van der Waals surface area contributed by atoms with Crippen molar-refractivity contribution in [3.63, 3.8) is 0 Å². The summed E-state index contributed by atoms with van der Waals surface area (Å²) in [5, 5.41) is 0. The molecule has 0 spiro atoms. The summed E-state index contributed by atoms with van der Waals surface area (Å²) in [6.07, 6.45) is -6.41. The predicted molar refractivity (Wildman–Crippen MR) is 44.9 cm³/mol. The minimum Gasteiger partial charge on any atom is -0.411 e. The molecule has 1 aromatic rings. The minimum atomic E-state index is -4.44. The maximum Gasteiger partial charge on any atom is 0.434 e. The standard InChI is InChI=1S/C9H6F3NO3/c10-9(11,12)6-3-1-2-5(4-6)7-15-8(14)13-16-7/h1-4,7H,(H,13,14). The predicted octanol–water partition coefficient (Wildman–Crippen LogP) is 2.38. The van der Waals surface area contributed by atoms with Gasteiger partial charge in [-0.2, -0.15) is 18.7 Å². The maximum absolute atomic E-state index is 12.4. The van der Waals surface area contributed by atoms with Gasteiger partial charge in [0.1, 0.15) is 0 Å². The first kappa shape index (κ1) is 10.7. The zero-order valence-electron chi connectivity index (χ0n) is 7.75. The van der Waals surface area contributed by atoms with Crippen LogP contribution < -0.4 is 5.48 Å². The highest BCUT2D eigenvalue weighted by molar-refractivity contribution is 5.67. The van der Waals surface area contributed by atoms with Crippen LogP contribution in [-0.4, -0.2) is 6.09 Å². The fraction of sp³-hybridized carbons (Fsp3) is 0.222. The summed E-state index contributed by atoms with van der Waals surface area (Å²) < 4.78 is 41.7. The summed E-state index contributed by atoms with van der Waals surface area (Å²) in [7, 11) is 0. The minimum absolute atomic E-state index is 0.119. The van der Waals surface area contributed by atoms with Gasteiger partial charge in [0, 0.05) is 5.56 Å². The number of hydrogen-bond donors (Lipinski definition) is 1. The van der Waals surface area contributed by atoms with Gasteiger partial charge in [-0.15, -0.1) is 0 Å². The van der Waals surface area contributed by atoms with Crippen LogP contribution in [0, 0.1) is 0 Å². The van der Waals surface area contributed by atoms with Crippen molar-refractivity contribution in [3.05, 3.63) is 35.4 Å². The van der Waals surface area contributed by atoms with Gasteiger partial charge in [0.2, 0.25) is 0 Å². The molecule has 0 aliphatic carbocycles. The molecule has 1 amide bonds. The number of amides is 1. The number of ether oxygens (including phenoxy) is 1. The zero-order valence-corrected chi connectivity index (χ0v) is 7.75. The largest absolute Gasteiger partial charge is 0.434 e. The Hall–Kier alpha value is -1.76. The molecule has 86 valence electrons. The van der Waals surface area contributed by atoms with Gasteiger partial charge in [-0.1, -0.05) is 12.1 Å². The number of cyclic esters (lactones) is 1. The summed E-state index contributed by atoms with van der Waals surface area (Å²) in [5.74, 6) is 0. The molecule has 1 heterocycles. The fourth-order valence-corrected chi connectivity index (χ4v) is 1.24. The molecule has 1 N–H and O–H groups in total. The maximum atomic E-state index is 12.4. The number of carbonyl (C=O) groups is 1. The number of alkyl halides is 3. The smallest absolute Gasteiger partial charge is 0.411 e. The Morgan fingerprint density at radius 2 is 2.06 bits per heavy atom. The Labute approximate surface area is 87.9 Å². The van der Waals surface area contributed by atoms with Gasteiger partial charge in [0.25, 0.3) is 6.29 Å². The Bertz CT molecular complexity index is 419. The number of halogens is 3. The van der Waals surface area contributed by atoms with E-state index in [-0.39, 0.29) is 5.56 Å². The van der Waals surface area contributed by atoms with Gasteiger partial charge < -0.3 is 4.74 Å². The first-order valence-corrected chi connectivity index (χ1v) is 4.26. The molecule has 7 heteroatoms. The van der Waals surface area contributed by atoms with Crippen molar-refractivity contribution in [2.75, 3.05) is 0 Å². The SMILES string of the molecule is O=C1NOC(c2cccc(C(F)(F)F)c2)O1. The summed E-state index contributed by atoms with van der Waals surface area (Å²) in [6.45, 7) is 0. The molecule has 1 aliphatic heterocycles. The van der Waals surface area contributed by atoms with Gasteiger partial charge in [0.05, 0.1) is 5.56 Å². The number of hydroxylamine groups is 1. The Morgan fingerprint density at radius 3 is 2.62 bits per heavy atom. The van der Waals surface area contributed by atoms with Crippen molar-refractivity contribution in [2.45, 2.75) is 12.5 Å². The first-order chi connectivity index (χ1) is 7.47. The van der Waals surface area contributed by atoms with Gasteiger partial charge >= 0.3 is 12.3 Å². The van der Waals surface area contributed by atoms with Crippen LogP contribution >= 0.6 is 0 Å². The Kier molecular flexibility index (Phi) is 2.47. The molecule has 1 aliphatic rings. The first-order valence-electron chi connectivity index (χ1n) is 4.26. The summed E-state index contributed by atoms with van der Waals surface area (Å²) in [4.78, 5) is 15.3. The van der Waals surface area contributed by atoms with E-state index in [1.807, 2.05) is 5.48 Å². The molecule has 2 rings (SSSR count). The number of nitrogens with one attached hydrogen (secondary N) is 1. The number of benzene rings is 1. The Morgan fingerprint density at radius 1 is 1.31 bits per heavy atom. The highest BCUT2D eigenvalue weighted by Gasteiger charge is 2.32. The van der Waals surface area contributed by atoms with Gasteiger partial charge in [-0.3, -0.25) is 0 Å². The number of rotatable bonds is 1. The van der Waals surface area contributed by atoms with Crippen LogP contribution in [0.3, 0.4) is 0 Å². The van der Waals surface area contributed by atoms with E-state index in [2.05, 4.69) is 9.57 Å². The van der Waals surface area contributed by atoms with E-state index in [4.69, 9.17) is 0 Å². The lowest BCUT2D eigenvalue weighted by atomic mass is 10.1. The second-order valence-corrected chi connectivity index (χ2v) is 3.08. The fourth-order valence-electron chi connectivity index (χ4n) is 1.24. The number of hydrogen-bond acceptors (Lipinski definition) is 3. The van der Waals surface area contributed by atoms with Crippen molar-refractivity contribution in [2.24, 2.45) is 0 Å². The second-order valence-electron chi connectivity index (χ2n) is 3.08. The van der Waals surface area contributed by atoms with E-state index >= 15 is 0 Å². The molecule has 0 radical (unpaired) electrons. The highest BCUT2D eigenvalue weighted by Crippen LogP contribution is 2.32. The van der Waals surface area contributed by atoms with Crippen LogP contribution in [-0.2, 0) is 15.8 Å². The molecule has 0 bridgehead atoms. The molecular formula is C9H6F3NO3. The van der Waals surface area contributed by atoms with Crippen molar-refractivity contribution in [1.29, 1.82) is 0 Å². The average Bonchev–Trinajstić information content (AvgIpc) is 2.64. The quantitative estimate of drug-likeness (QED) is 0.810. The highest BCUT2D eigenvalue weighted by atomic mass is 19.4. The summed E-state index contributed by atoms with van der Waals surface area (Å²) in [5.41, 5.74) is 1.18. The third kappa shape index (κ3) is 2.08. The van der Waals surface area contributed by atoms with E-state index in [1.165, 1.54) is 12.1 Å². The zero-order chi connectivity index (χ0) is 11.8. The molecule has 1 saturated heterocycles. The second kappa shape index (κ2) is 3.67. The molecule has 0 saturated carbocycles. The van der Waals surface area contributed by atoms with E-state index in [0.29, 0.717) is 0 Å². The molecule has 1 atom stereocenters. The van der Waals surface area contributed by atoms with Crippen LogP contribution in [0.1, 0.15) is 17.4 Å². The normalized spacial score (nSPS) is 20.4. The van der Waals surface area contributed by atoms with Crippen molar-refractivity contribution >= 4 is 6.09 Å². The third-order valence-corrected chi connectivity index (χ3v) is 1.95. The van der Waals surface area contributed by atoms with Crippen molar-refractivity contribution in [3.8, 4) is 0 Å². The number of carbonyl (C=O) groups excluding carboxylic acids is 1. The summed E-state index contributed by atoms with van der Waals surface area (Å²) in [6, 6.07) is 4.38. The molecule has 0 aromatic heterocycles. The molecule has 4 nitrogen and oxygen atoms in total. The molecular weight excluding hydrogens is 227 g/mol. The van der Waals surface area contributed by atoms with E-state index < -0.39 is 24.1 Å². The molecule has 1 aromatic carbocycles. The van der Waals surface area contributed by atoms with Crippen LogP contribution in [0.2, 0.25) is 0 Å². The van der Waals surface area contributed by atoms with E-state index in [9.17, 15) is 18.0 Å². The van der Waals surface area contributed by atoms with Crippen LogP contribution in [0.5, 0.6) is 0 Å². The molecule has 1 fully saturated rings. The van der Waals surface area contributed by atoms with Gasteiger partial charge in [-0.25, -0.2) is 9.63 Å².